The van der Waals surface area contributed by atoms with Crippen molar-refractivity contribution in [1.82, 2.24) is 10.6 Å². The number of anilines is 1. The summed E-state index contributed by atoms with van der Waals surface area (Å²) in [6.07, 6.45) is 0.699. The fraction of sp³-hybridized carbons (Fsp3) is 0.211. The van der Waals surface area contributed by atoms with Gasteiger partial charge >= 0.3 is 6.03 Å². The van der Waals surface area contributed by atoms with E-state index in [0.29, 0.717) is 25.1 Å². The van der Waals surface area contributed by atoms with Crippen molar-refractivity contribution in [3.05, 3.63) is 65.2 Å². The Morgan fingerprint density at radius 3 is 2.20 bits per heavy atom. The summed E-state index contributed by atoms with van der Waals surface area (Å²) in [6, 6.07) is 16.4. The third-order valence-corrected chi connectivity index (χ3v) is 3.51. The molecule has 0 atom stereocenters. The van der Waals surface area contributed by atoms with E-state index in [0.717, 1.165) is 16.8 Å². The summed E-state index contributed by atoms with van der Waals surface area (Å²) in [4.78, 5) is 22.7. The van der Waals surface area contributed by atoms with Crippen LogP contribution in [0.4, 0.5) is 10.5 Å². The Bertz CT molecular complexity index is 762. The highest BCUT2D eigenvalue weighted by Crippen LogP contribution is 2.09. The molecule has 2 aromatic carbocycles. The van der Waals surface area contributed by atoms with Crippen LogP contribution >= 0.6 is 0 Å². The first-order chi connectivity index (χ1) is 12.1. The SMILES string of the molecule is CC(=O)Nc1ccc(CCNC(=O)NCc2ccc(C#N)cc2)cc1. The lowest BCUT2D eigenvalue weighted by atomic mass is 10.1. The number of rotatable bonds is 6. The first-order valence-electron chi connectivity index (χ1n) is 7.94. The van der Waals surface area contributed by atoms with Crippen molar-refractivity contribution >= 4 is 17.6 Å². The topological polar surface area (TPSA) is 94.0 Å². The Hall–Kier alpha value is -3.33. The number of nitrogens with one attached hydrogen (secondary N) is 3. The summed E-state index contributed by atoms with van der Waals surface area (Å²) in [5.74, 6) is -0.103. The molecule has 0 fully saturated rings. The second-order valence-electron chi connectivity index (χ2n) is 5.55. The van der Waals surface area contributed by atoms with Gasteiger partial charge in [-0.2, -0.15) is 5.26 Å². The third kappa shape index (κ3) is 6.36. The first kappa shape index (κ1) is 18.0. The molecule has 3 amide bonds. The van der Waals surface area contributed by atoms with Crippen molar-refractivity contribution in [2.45, 2.75) is 19.9 Å². The Morgan fingerprint density at radius 1 is 0.960 bits per heavy atom. The highest BCUT2D eigenvalue weighted by atomic mass is 16.2. The molecule has 6 heteroatoms. The van der Waals surface area contributed by atoms with E-state index >= 15 is 0 Å². The molecule has 3 N–H and O–H groups in total. The predicted octanol–water partition coefficient (Wildman–Crippen LogP) is 2.56. The van der Waals surface area contributed by atoms with Gasteiger partial charge < -0.3 is 16.0 Å². The average Bonchev–Trinajstić information content (AvgIpc) is 2.61. The molecule has 0 unspecified atom stereocenters. The fourth-order valence-corrected chi connectivity index (χ4v) is 2.22. The molecule has 128 valence electrons. The number of carbonyl (C=O) groups excluding carboxylic acids is 2. The van der Waals surface area contributed by atoms with Crippen LogP contribution in [0.1, 0.15) is 23.6 Å². The number of hydrogen-bond acceptors (Lipinski definition) is 3. The Labute approximate surface area is 146 Å². The van der Waals surface area contributed by atoms with Gasteiger partial charge in [-0.15, -0.1) is 0 Å². The van der Waals surface area contributed by atoms with E-state index in [1.165, 1.54) is 6.92 Å². The minimum Gasteiger partial charge on any atom is -0.338 e. The van der Waals surface area contributed by atoms with Gasteiger partial charge in [0.1, 0.15) is 0 Å². The maximum Gasteiger partial charge on any atom is 0.315 e. The smallest absolute Gasteiger partial charge is 0.315 e. The van der Waals surface area contributed by atoms with Gasteiger partial charge in [-0.05, 0) is 41.8 Å². The molecule has 2 aromatic rings. The maximum absolute atomic E-state index is 11.8. The molecule has 0 aromatic heterocycles. The van der Waals surface area contributed by atoms with E-state index in [-0.39, 0.29) is 11.9 Å². The molecule has 0 saturated heterocycles. The van der Waals surface area contributed by atoms with E-state index in [1.54, 1.807) is 12.1 Å². The molecular formula is C19H20N4O2. The minimum atomic E-state index is -0.237. The molecule has 0 aliphatic carbocycles. The Kier molecular flexibility index (Phi) is 6.55. The van der Waals surface area contributed by atoms with Gasteiger partial charge in [0, 0.05) is 25.7 Å². The number of amides is 3. The Balaban J connectivity index is 1.69. The molecule has 0 bridgehead atoms. The summed E-state index contributed by atoms with van der Waals surface area (Å²) >= 11 is 0. The van der Waals surface area contributed by atoms with Crippen LogP contribution < -0.4 is 16.0 Å². The van der Waals surface area contributed by atoms with E-state index in [9.17, 15) is 9.59 Å². The Morgan fingerprint density at radius 2 is 1.60 bits per heavy atom. The summed E-state index contributed by atoms with van der Waals surface area (Å²) in [5, 5.41) is 17.0. The van der Waals surface area contributed by atoms with Crippen LogP contribution in [0, 0.1) is 11.3 Å². The second kappa shape index (κ2) is 9.08. The molecule has 0 radical (unpaired) electrons. The maximum atomic E-state index is 11.8. The zero-order valence-corrected chi connectivity index (χ0v) is 14.0. The van der Waals surface area contributed by atoms with E-state index in [2.05, 4.69) is 22.0 Å². The van der Waals surface area contributed by atoms with E-state index < -0.39 is 0 Å². The van der Waals surface area contributed by atoms with Crippen molar-refractivity contribution in [3.8, 4) is 6.07 Å². The van der Waals surface area contributed by atoms with Crippen LogP contribution in [0.5, 0.6) is 0 Å². The lowest BCUT2D eigenvalue weighted by Crippen LogP contribution is -2.36. The van der Waals surface area contributed by atoms with Gasteiger partial charge in [-0.25, -0.2) is 4.79 Å². The number of nitriles is 1. The normalized spacial score (nSPS) is 9.76. The van der Waals surface area contributed by atoms with Crippen LogP contribution in [-0.2, 0) is 17.8 Å². The number of benzene rings is 2. The minimum absolute atomic E-state index is 0.103. The van der Waals surface area contributed by atoms with Gasteiger partial charge in [0.05, 0.1) is 11.6 Å². The molecular weight excluding hydrogens is 316 g/mol. The van der Waals surface area contributed by atoms with Crippen molar-refractivity contribution in [1.29, 1.82) is 5.26 Å². The summed E-state index contributed by atoms with van der Waals surface area (Å²) in [7, 11) is 0. The van der Waals surface area contributed by atoms with Crippen LogP contribution in [0.2, 0.25) is 0 Å². The largest absolute Gasteiger partial charge is 0.338 e. The molecule has 25 heavy (non-hydrogen) atoms. The van der Waals surface area contributed by atoms with Crippen molar-refractivity contribution in [3.63, 3.8) is 0 Å². The summed E-state index contributed by atoms with van der Waals surface area (Å²) in [6.45, 7) is 2.38. The van der Waals surface area contributed by atoms with Crippen LogP contribution in [0.25, 0.3) is 0 Å². The van der Waals surface area contributed by atoms with Crippen molar-refractivity contribution in [2.75, 3.05) is 11.9 Å². The highest BCUT2D eigenvalue weighted by molar-refractivity contribution is 5.88. The highest BCUT2D eigenvalue weighted by Gasteiger charge is 2.01. The standard InChI is InChI=1S/C19H20N4O2/c1-14(24)23-18-8-6-15(7-9-18)10-11-21-19(25)22-13-17-4-2-16(12-20)3-5-17/h2-9H,10-11,13H2,1H3,(H,23,24)(H2,21,22,25). The zero-order valence-electron chi connectivity index (χ0n) is 14.0. The zero-order chi connectivity index (χ0) is 18.1. The number of hydrogen-bond donors (Lipinski definition) is 3. The van der Waals surface area contributed by atoms with Gasteiger partial charge in [0.2, 0.25) is 5.91 Å². The van der Waals surface area contributed by atoms with E-state index in [4.69, 9.17) is 5.26 Å². The van der Waals surface area contributed by atoms with Gasteiger partial charge in [-0.1, -0.05) is 24.3 Å². The van der Waals surface area contributed by atoms with Crippen LogP contribution in [-0.4, -0.2) is 18.5 Å². The fourth-order valence-electron chi connectivity index (χ4n) is 2.22. The first-order valence-corrected chi connectivity index (χ1v) is 7.94. The van der Waals surface area contributed by atoms with Crippen molar-refractivity contribution < 1.29 is 9.59 Å². The van der Waals surface area contributed by atoms with Crippen LogP contribution in [0.3, 0.4) is 0 Å². The van der Waals surface area contributed by atoms with Gasteiger partial charge in [0.25, 0.3) is 0 Å². The van der Waals surface area contributed by atoms with E-state index in [1.807, 2.05) is 36.4 Å². The number of carbonyl (C=O) groups is 2. The quantitative estimate of drug-likeness (QED) is 0.757. The number of urea groups is 1. The molecule has 0 aliphatic heterocycles. The van der Waals surface area contributed by atoms with Gasteiger partial charge in [0.15, 0.2) is 0 Å². The average molecular weight is 336 g/mol. The predicted molar refractivity (Wildman–Crippen MR) is 95.8 cm³/mol. The lowest BCUT2D eigenvalue weighted by molar-refractivity contribution is -0.114. The van der Waals surface area contributed by atoms with Gasteiger partial charge in [-0.3, -0.25) is 4.79 Å². The third-order valence-electron chi connectivity index (χ3n) is 3.51. The molecule has 6 nitrogen and oxygen atoms in total. The molecule has 0 saturated carbocycles. The molecule has 0 aliphatic rings. The molecule has 0 spiro atoms. The van der Waals surface area contributed by atoms with Crippen LogP contribution in [0.15, 0.2) is 48.5 Å². The second-order valence-corrected chi connectivity index (χ2v) is 5.55. The molecule has 0 heterocycles. The monoisotopic (exact) mass is 336 g/mol. The summed E-state index contributed by atoms with van der Waals surface area (Å²) < 4.78 is 0. The molecule has 2 rings (SSSR count). The summed E-state index contributed by atoms with van der Waals surface area (Å²) in [5.41, 5.74) is 3.35. The lowest BCUT2D eigenvalue weighted by Gasteiger charge is -2.08. The van der Waals surface area contributed by atoms with Crippen molar-refractivity contribution in [2.24, 2.45) is 0 Å². The number of nitrogens with zero attached hydrogens (tertiary/aromatic N) is 1.